The maximum atomic E-state index is 12.5. The smallest absolute Gasteiger partial charge is 0.233 e. The first-order valence-corrected chi connectivity index (χ1v) is 12.4. The summed E-state index contributed by atoms with van der Waals surface area (Å²) in [7, 11) is -1.39. The van der Waals surface area contributed by atoms with E-state index in [0.717, 1.165) is 16.3 Å². The van der Waals surface area contributed by atoms with Gasteiger partial charge in [-0.2, -0.15) is 0 Å². The Morgan fingerprint density at radius 1 is 1.23 bits per heavy atom. The first kappa shape index (κ1) is 20.7. The van der Waals surface area contributed by atoms with Crippen LogP contribution >= 0.6 is 11.8 Å². The van der Waals surface area contributed by atoms with Gasteiger partial charge in [-0.05, 0) is 22.8 Å². The molecule has 0 unspecified atom stereocenters. The van der Waals surface area contributed by atoms with Crippen LogP contribution in [0, 0.1) is 0 Å². The zero-order valence-corrected chi connectivity index (χ0v) is 18.2. The second-order valence-corrected chi connectivity index (χ2v) is 10.6. The van der Waals surface area contributed by atoms with Gasteiger partial charge in [0.1, 0.15) is 0 Å². The van der Waals surface area contributed by atoms with E-state index in [1.165, 1.54) is 21.3 Å². The number of nitrogen functional groups attached to an aromatic ring is 1. The molecule has 30 heavy (non-hydrogen) atoms. The van der Waals surface area contributed by atoms with Crippen molar-refractivity contribution >= 4 is 38.3 Å². The average molecular weight is 446 g/mol. The Hall–Kier alpha value is -2.59. The quantitative estimate of drug-likeness (QED) is 0.452. The van der Waals surface area contributed by atoms with Gasteiger partial charge in [0, 0.05) is 19.5 Å². The van der Waals surface area contributed by atoms with Gasteiger partial charge >= 0.3 is 0 Å². The van der Waals surface area contributed by atoms with E-state index < -0.39 is 9.84 Å². The van der Waals surface area contributed by atoms with Gasteiger partial charge in [0.05, 0.1) is 17.3 Å². The molecule has 1 atom stereocenters. The first-order valence-electron chi connectivity index (χ1n) is 9.59. The highest BCUT2D eigenvalue weighted by molar-refractivity contribution is 7.99. The minimum atomic E-state index is -3.04. The van der Waals surface area contributed by atoms with E-state index in [0.29, 0.717) is 23.8 Å². The maximum absolute atomic E-state index is 12.5. The van der Waals surface area contributed by atoms with Crippen molar-refractivity contribution in [2.45, 2.75) is 24.0 Å². The summed E-state index contributed by atoms with van der Waals surface area (Å²) < 4.78 is 24.7. The predicted octanol–water partition coefficient (Wildman–Crippen LogP) is 1.47. The lowest BCUT2D eigenvalue weighted by molar-refractivity contribution is -0.128. The number of carbonyl (C=O) groups is 1. The molecule has 1 aliphatic rings. The lowest BCUT2D eigenvalue weighted by Crippen LogP contribution is -2.38. The first-order chi connectivity index (χ1) is 14.3. The fourth-order valence-corrected chi connectivity index (χ4v) is 6.23. The average Bonchev–Trinajstić information content (AvgIpc) is 3.27. The molecule has 3 aromatic rings. The number of aromatic nitrogens is 3. The van der Waals surface area contributed by atoms with Crippen LogP contribution in [0.25, 0.3) is 10.8 Å². The van der Waals surface area contributed by atoms with Crippen molar-refractivity contribution in [3.05, 3.63) is 53.9 Å². The number of fused-ring (bicyclic) bond motifs is 1. The van der Waals surface area contributed by atoms with Crippen LogP contribution < -0.4 is 5.84 Å². The summed E-state index contributed by atoms with van der Waals surface area (Å²) in [5.41, 5.74) is 1.10. The van der Waals surface area contributed by atoms with E-state index in [4.69, 9.17) is 5.84 Å². The summed E-state index contributed by atoms with van der Waals surface area (Å²) in [5, 5.41) is 11.1. The maximum Gasteiger partial charge on any atom is 0.233 e. The van der Waals surface area contributed by atoms with E-state index in [2.05, 4.69) is 28.4 Å². The van der Waals surface area contributed by atoms with Crippen molar-refractivity contribution < 1.29 is 13.2 Å². The summed E-state index contributed by atoms with van der Waals surface area (Å²) in [6, 6.07) is 14.0. The fourth-order valence-electron chi connectivity index (χ4n) is 3.66. The molecule has 8 nitrogen and oxygen atoms in total. The Kier molecular flexibility index (Phi) is 5.70. The second-order valence-electron chi connectivity index (χ2n) is 7.43. The minimum Gasteiger partial charge on any atom is -0.341 e. The van der Waals surface area contributed by atoms with E-state index in [-0.39, 0.29) is 29.2 Å². The number of benzene rings is 2. The van der Waals surface area contributed by atoms with Crippen LogP contribution in [0.4, 0.5) is 0 Å². The van der Waals surface area contributed by atoms with Crippen LogP contribution in [0.3, 0.4) is 0 Å². The molecule has 2 aromatic carbocycles. The summed E-state index contributed by atoms with van der Waals surface area (Å²) in [5.74, 6) is 6.93. The Balaban J connectivity index is 1.42. The number of hydrogen-bond donors (Lipinski definition) is 1. The molecule has 0 radical (unpaired) electrons. The normalized spacial score (nSPS) is 18.0. The van der Waals surface area contributed by atoms with Crippen molar-refractivity contribution in [3.63, 3.8) is 0 Å². The molecular weight excluding hydrogens is 422 g/mol. The summed E-state index contributed by atoms with van der Waals surface area (Å²) >= 11 is 1.20. The SMILES string of the molecule is CN(C(=O)CSc1nnc(Cc2cccc3ccccc23)n1N)[C@@H]1CCS(=O)(=O)C1. The molecule has 0 saturated carbocycles. The lowest BCUT2D eigenvalue weighted by atomic mass is 10.0. The highest BCUT2D eigenvalue weighted by Crippen LogP contribution is 2.23. The van der Waals surface area contributed by atoms with E-state index in [1.54, 1.807) is 7.05 Å². The molecule has 0 aliphatic carbocycles. The number of thioether (sulfide) groups is 1. The zero-order chi connectivity index (χ0) is 21.3. The molecule has 10 heteroatoms. The molecule has 1 aromatic heterocycles. The van der Waals surface area contributed by atoms with Gasteiger partial charge < -0.3 is 10.7 Å². The van der Waals surface area contributed by atoms with Gasteiger partial charge in [-0.3, -0.25) is 4.79 Å². The van der Waals surface area contributed by atoms with Crippen molar-refractivity contribution in [1.82, 2.24) is 19.8 Å². The number of sulfone groups is 1. The van der Waals surface area contributed by atoms with Crippen molar-refractivity contribution in [2.75, 3.05) is 30.1 Å². The van der Waals surface area contributed by atoms with Crippen LogP contribution in [0.2, 0.25) is 0 Å². The van der Waals surface area contributed by atoms with Crippen molar-refractivity contribution in [2.24, 2.45) is 0 Å². The number of nitrogens with zero attached hydrogens (tertiary/aromatic N) is 4. The third kappa shape index (κ3) is 4.29. The highest BCUT2D eigenvalue weighted by atomic mass is 32.2. The predicted molar refractivity (Wildman–Crippen MR) is 117 cm³/mol. The van der Waals surface area contributed by atoms with Crippen LogP contribution in [-0.4, -0.2) is 64.4 Å². The minimum absolute atomic E-state index is 0.0299. The van der Waals surface area contributed by atoms with E-state index in [1.807, 2.05) is 24.3 Å². The third-order valence-electron chi connectivity index (χ3n) is 5.44. The molecular formula is C20H23N5O3S2. The van der Waals surface area contributed by atoms with E-state index >= 15 is 0 Å². The monoisotopic (exact) mass is 445 g/mol. The summed E-state index contributed by atoms with van der Waals surface area (Å²) in [6.45, 7) is 0. The van der Waals surface area contributed by atoms with Gasteiger partial charge in [0.2, 0.25) is 11.1 Å². The Bertz CT molecular complexity index is 1190. The van der Waals surface area contributed by atoms with Gasteiger partial charge in [-0.15, -0.1) is 10.2 Å². The molecule has 2 heterocycles. The molecule has 2 N–H and O–H groups in total. The molecule has 1 saturated heterocycles. The van der Waals surface area contributed by atoms with Crippen LogP contribution in [0.1, 0.15) is 17.8 Å². The highest BCUT2D eigenvalue weighted by Gasteiger charge is 2.32. The molecule has 0 spiro atoms. The number of rotatable bonds is 6. The van der Waals surface area contributed by atoms with Crippen molar-refractivity contribution in [3.8, 4) is 0 Å². The fraction of sp³-hybridized carbons (Fsp3) is 0.350. The molecule has 158 valence electrons. The number of hydrogen-bond acceptors (Lipinski definition) is 7. The van der Waals surface area contributed by atoms with E-state index in [9.17, 15) is 13.2 Å². The third-order valence-corrected chi connectivity index (χ3v) is 8.12. The molecule has 4 rings (SSSR count). The van der Waals surface area contributed by atoms with Crippen LogP contribution in [-0.2, 0) is 21.1 Å². The molecule has 1 amide bonds. The second kappa shape index (κ2) is 8.27. The Morgan fingerprint density at radius 2 is 2.00 bits per heavy atom. The topological polar surface area (TPSA) is 111 Å². The lowest BCUT2D eigenvalue weighted by Gasteiger charge is -2.23. The molecule has 1 aliphatic heterocycles. The number of nitrogens with two attached hydrogens (primary N) is 1. The summed E-state index contributed by atoms with van der Waals surface area (Å²) in [4.78, 5) is 14.0. The summed E-state index contributed by atoms with van der Waals surface area (Å²) in [6.07, 6.45) is 1.01. The zero-order valence-electron chi connectivity index (χ0n) is 16.6. The van der Waals surface area contributed by atoms with Gasteiger partial charge in [-0.25, -0.2) is 13.1 Å². The number of carbonyl (C=O) groups excluding carboxylic acids is 1. The van der Waals surface area contributed by atoms with Gasteiger partial charge in [0.25, 0.3) is 0 Å². The van der Waals surface area contributed by atoms with Gasteiger partial charge in [0.15, 0.2) is 15.7 Å². The largest absolute Gasteiger partial charge is 0.341 e. The van der Waals surface area contributed by atoms with Crippen molar-refractivity contribution in [1.29, 1.82) is 0 Å². The Labute approximate surface area is 179 Å². The van der Waals surface area contributed by atoms with Crippen LogP contribution in [0.15, 0.2) is 47.6 Å². The standard InChI is InChI=1S/C20H23N5O3S2/c1-24(16-9-10-30(27,28)13-16)19(26)12-29-20-23-22-18(25(20)21)11-15-7-4-6-14-5-2-3-8-17(14)15/h2-8,16H,9-13,21H2,1H3/t16-/m1/s1. The Morgan fingerprint density at radius 3 is 2.77 bits per heavy atom. The van der Waals surface area contributed by atoms with Gasteiger partial charge in [-0.1, -0.05) is 54.2 Å². The molecule has 0 bridgehead atoms. The van der Waals surface area contributed by atoms with Crippen LogP contribution in [0.5, 0.6) is 0 Å². The number of amides is 1. The molecule has 1 fully saturated rings.